The lowest BCUT2D eigenvalue weighted by molar-refractivity contribution is 0.0357. The molecule has 1 N–H and O–H groups in total. The van der Waals surface area contributed by atoms with Crippen LogP contribution in [-0.2, 0) is 4.74 Å². The minimum atomic E-state index is -0.168. The summed E-state index contributed by atoms with van der Waals surface area (Å²) in [5, 5.41) is 0.504. The summed E-state index contributed by atoms with van der Waals surface area (Å²) in [6, 6.07) is 3.45. The molecule has 0 saturated carbocycles. The number of nitrogens with one attached hydrogen (secondary N) is 1. The highest BCUT2D eigenvalue weighted by molar-refractivity contribution is 5.81. The molecule has 1 saturated heterocycles. The molecule has 0 bridgehead atoms. The third-order valence-corrected chi connectivity index (χ3v) is 4.09. The molecule has 2 heterocycles. The molecule has 1 aliphatic rings. The van der Waals surface area contributed by atoms with Gasteiger partial charge in [0.2, 0.25) is 0 Å². The van der Waals surface area contributed by atoms with Crippen molar-refractivity contribution in [2.75, 3.05) is 46.6 Å². The summed E-state index contributed by atoms with van der Waals surface area (Å²) >= 11 is 0. The van der Waals surface area contributed by atoms with Gasteiger partial charge in [0.1, 0.15) is 5.82 Å². The number of hydrogen-bond donors (Lipinski definition) is 1. The van der Waals surface area contributed by atoms with E-state index >= 15 is 0 Å². The van der Waals surface area contributed by atoms with Gasteiger partial charge in [-0.1, -0.05) is 0 Å². The highest BCUT2D eigenvalue weighted by atomic mass is 16.5. The van der Waals surface area contributed by atoms with Crippen LogP contribution in [0.4, 0.5) is 0 Å². The summed E-state index contributed by atoms with van der Waals surface area (Å²) in [7, 11) is 1.59. The van der Waals surface area contributed by atoms with Gasteiger partial charge in [-0.05, 0) is 19.4 Å². The molecule has 3 rings (SSSR count). The van der Waals surface area contributed by atoms with Crippen molar-refractivity contribution in [1.82, 2.24) is 14.9 Å². The molecule has 0 radical (unpaired) electrons. The highest BCUT2D eigenvalue weighted by Gasteiger charge is 2.12. The quantitative estimate of drug-likeness (QED) is 0.804. The first-order chi connectivity index (χ1) is 11.7. The second-order valence-corrected chi connectivity index (χ2v) is 5.83. The molecule has 7 heteroatoms. The van der Waals surface area contributed by atoms with Crippen LogP contribution in [0.25, 0.3) is 10.9 Å². The van der Waals surface area contributed by atoms with Gasteiger partial charge in [-0.3, -0.25) is 9.69 Å². The number of aromatic nitrogens is 2. The number of nitrogens with zero attached hydrogens (tertiary/aromatic N) is 2. The van der Waals surface area contributed by atoms with Gasteiger partial charge in [-0.15, -0.1) is 0 Å². The molecule has 24 heavy (non-hydrogen) atoms. The van der Waals surface area contributed by atoms with E-state index in [0.29, 0.717) is 34.8 Å². The first-order valence-corrected chi connectivity index (χ1v) is 8.19. The van der Waals surface area contributed by atoms with E-state index in [-0.39, 0.29) is 5.56 Å². The van der Waals surface area contributed by atoms with E-state index < -0.39 is 0 Å². The second-order valence-electron chi connectivity index (χ2n) is 5.83. The Hall–Kier alpha value is -2.12. The first kappa shape index (κ1) is 16.7. The van der Waals surface area contributed by atoms with E-state index in [9.17, 15) is 4.79 Å². The van der Waals surface area contributed by atoms with Crippen molar-refractivity contribution in [2.45, 2.75) is 13.3 Å². The molecule has 0 amide bonds. The average Bonchev–Trinajstić information content (AvgIpc) is 2.59. The van der Waals surface area contributed by atoms with Crippen molar-refractivity contribution in [3.05, 3.63) is 28.3 Å². The molecule has 1 fully saturated rings. The van der Waals surface area contributed by atoms with Crippen molar-refractivity contribution in [1.29, 1.82) is 0 Å². The summed E-state index contributed by atoms with van der Waals surface area (Å²) in [5.74, 6) is 1.74. The molecule has 7 nitrogen and oxygen atoms in total. The van der Waals surface area contributed by atoms with E-state index in [2.05, 4.69) is 14.9 Å². The van der Waals surface area contributed by atoms with Gasteiger partial charge in [0.15, 0.2) is 11.5 Å². The summed E-state index contributed by atoms with van der Waals surface area (Å²) in [5.41, 5.74) is 0.437. The van der Waals surface area contributed by atoms with E-state index in [1.165, 1.54) is 0 Å². The molecular weight excluding hydrogens is 310 g/mol. The number of H-pyrrole nitrogens is 1. The zero-order valence-electron chi connectivity index (χ0n) is 14.1. The maximum absolute atomic E-state index is 12.1. The van der Waals surface area contributed by atoms with Crippen LogP contribution >= 0.6 is 0 Å². The van der Waals surface area contributed by atoms with Gasteiger partial charge in [0, 0.05) is 25.7 Å². The predicted octanol–water partition coefficient (Wildman–Crippen LogP) is 1.34. The Balaban J connectivity index is 1.67. The van der Waals surface area contributed by atoms with Gasteiger partial charge >= 0.3 is 0 Å². The van der Waals surface area contributed by atoms with Crippen molar-refractivity contribution in [2.24, 2.45) is 0 Å². The molecule has 1 aromatic heterocycles. The monoisotopic (exact) mass is 333 g/mol. The molecule has 2 aromatic rings. The molecule has 1 aliphatic heterocycles. The number of benzene rings is 1. The van der Waals surface area contributed by atoms with Crippen molar-refractivity contribution in [3.8, 4) is 11.5 Å². The number of aryl methyl sites for hydroxylation is 1. The summed E-state index contributed by atoms with van der Waals surface area (Å²) in [4.78, 5) is 21.5. The van der Waals surface area contributed by atoms with Crippen LogP contribution in [0.1, 0.15) is 12.2 Å². The van der Waals surface area contributed by atoms with Gasteiger partial charge < -0.3 is 19.2 Å². The fraction of sp³-hybridized carbons (Fsp3) is 0.529. The van der Waals surface area contributed by atoms with Gasteiger partial charge in [0.25, 0.3) is 5.56 Å². The van der Waals surface area contributed by atoms with Crippen LogP contribution in [0.5, 0.6) is 11.5 Å². The minimum Gasteiger partial charge on any atom is -0.493 e. The molecule has 130 valence electrons. The van der Waals surface area contributed by atoms with Crippen LogP contribution in [0.2, 0.25) is 0 Å². The lowest BCUT2D eigenvalue weighted by atomic mass is 10.2. The molecule has 0 atom stereocenters. The van der Waals surface area contributed by atoms with E-state index in [4.69, 9.17) is 14.2 Å². The predicted molar refractivity (Wildman–Crippen MR) is 91.0 cm³/mol. The summed E-state index contributed by atoms with van der Waals surface area (Å²) in [6.07, 6.45) is 0.906. The number of rotatable bonds is 6. The number of methoxy groups -OCH3 is 1. The SMILES string of the molecule is COc1cc2nc(C)[nH]c(=O)c2cc1OCCCN1CCOCC1. The van der Waals surface area contributed by atoms with E-state index in [1.807, 2.05) is 0 Å². The zero-order valence-corrected chi connectivity index (χ0v) is 14.1. The van der Waals surface area contributed by atoms with Crippen LogP contribution in [-0.4, -0.2) is 61.4 Å². The van der Waals surface area contributed by atoms with Crippen molar-refractivity contribution in [3.63, 3.8) is 0 Å². The van der Waals surface area contributed by atoms with Crippen molar-refractivity contribution < 1.29 is 14.2 Å². The Morgan fingerprint density at radius 2 is 2.08 bits per heavy atom. The number of aromatic amines is 1. The fourth-order valence-electron chi connectivity index (χ4n) is 2.83. The van der Waals surface area contributed by atoms with E-state index in [0.717, 1.165) is 39.3 Å². The molecule has 0 spiro atoms. The maximum Gasteiger partial charge on any atom is 0.258 e. The lowest BCUT2D eigenvalue weighted by Crippen LogP contribution is -2.37. The molecule has 0 aliphatic carbocycles. The highest BCUT2D eigenvalue weighted by Crippen LogP contribution is 2.30. The van der Waals surface area contributed by atoms with Crippen LogP contribution < -0.4 is 15.0 Å². The third kappa shape index (κ3) is 3.85. The normalized spacial score (nSPS) is 15.6. The Morgan fingerprint density at radius 1 is 1.29 bits per heavy atom. The average molecular weight is 333 g/mol. The Morgan fingerprint density at radius 3 is 2.83 bits per heavy atom. The zero-order chi connectivity index (χ0) is 16.9. The molecule has 0 unspecified atom stereocenters. The molecular formula is C17H23N3O4. The van der Waals surface area contributed by atoms with Gasteiger partial charge in [0.05, 0.1) is 37.8 Å². The smallest absolute Gasteiger partial charge is 0.258 e. The third-order valence-electron chi connectivity index (χ3n) is 4.09. The van der Waals surface area contributed by atoms with Crippen LogP contribution in [0.3, 0.4) is 0 Å². The van der Waals surface area contributed by atoms with E-state index in [1.54, 1.807) is 26.2 Å². The standard InChI is InChI=1S/C17H23N3O4/c1-12-18-14-11-15(22-2)16(10-13(14)17(21)19-12)24-7-3-4-20-5-8-23-9-6-20/h10-11H,3-9H2,1-2H3,(H,18,19,21). The van der Waals surface area contributed by atoms with Gasteiger partial charge in [-0.2, -0.15) is 0 Å². The summed E-state index contributed by atoms with van der Waals surface area (Å²) < 4.78 is 16.6. The largest absolute Gasteiger partial charge is 0.493 e. The Bertz CT molecular complexity index is 753. The maximum atomic E-state index is 12.1. The first-order valence-electron chi connectivity index (χ1n) is 8.19. The Kier molecular flexibility index (Phi) is 5.32. The fourth-order valence-corrected chi connectivity index (χ4v) is 2.83. The van der Waals surface area contributed by atoms with Crippen molar-refractivity contribution >= 4 is 10.9 Å². The number of fused-ring (bicyclic) bond motifs is 1. The van der Waals surface area contributed by atoms with Gasteiger partial charge in [-0.25, -0.2) is 4.98 Å². The lowest BCUT2D eigenvalue weighted by Gasteiger charge is -2.26. The van der Waals surface area contributed by atoms with Crippen LogP contribution in [0, 0.1) is 6.92 Å². The minimum absolute atomic E-state index is 0.168. The topological polar surface area (TPSA) is 76.7 Å². The number of hydrogen-bond acceptors (Lipinski definition) is 6. The molecule has 1 aromatic carbocycles. The Labute approximate surface area is 140 Å². The summed E-state index contributed by atoms with van der Waals surface area (Å²) in [6.45, 7) is 6.84. The van der Waals surface area contributed by atoms with Crippen LogP contribution in [0.15, 0.2) is 16.9 Å². The number of morpholine rings is 1. The second kappa shape index (κ2) is 7.63. The number of ether oxygens (including phenoxy) is 3.